The van der Waals surface area contributed by atoms with Crippen LogP contribution in [0.15, 0.2) is 12.1 Å². The van der Waals surface area contributed by atoms with Gasteiger partial charge in [-0.1, -0.05) is 11.6 Å². The summed E-state index contributed by atoms with van der Waals surface area (Å²) in [6.07, 6.45) is 0.542. The highest BCUT2D eigenvalue weighted by Crippen LogP contribution is 2.27. The van der Waals surface area contributed by atoms with E-state index in [1.807, 2.05) is 6.92 Å². The molecule has 2 nitrogen and oxygen atoms in total. The summed E-state index contributed by atoms with van der Waals surface area (Å²) < 4.78 is 18.3. The van der Waals surface area contributed by atoms with E-state index in [0.29, 0.717) is 17.0 Å². The number of halogens is 2. The van der Waals surface area contributed by atoms with Gasteiger partial charge in [0.05, 0.1) is 7.11 Å². The van der Waals surface area contributed by atoms with Crippen LogP contribution in [0.2, 0.25) is 5.02 Å². The van der Waals surface area contributed by atoms with Crippen LogP contribution in [0, 0.1) is 5.82 Å². The molecular formula is C10H13ClFNO. The molecule has 1 rings (SSSR count). The third kappa shape index (κ3) is 2.59. The van der Waals surface area contributed by atoms with Crippen molar-refractivity contribution in [1.82, 2.24) is 0 Å². The van der Waals surface area contributed by atoms with Gasteiger partial charge in [-0.05, 0) is 25.5 Å². The number of hydrogen-bond acceptors (Lipinski definition) is 2. The highest BCUT2D eigenvalue weighted by atomic mass is 35.5. The average molecular weight is 218 g/mol. The normalized spacial score (nSPS) is 12.6. The Morgan fingerprint density at radius 2 is 2.21 bits per heavy atom. The van der Waals surface area contributed by atoms with Crippen LogP contribution in [-0.2, 0) is 6.42 Å². The van der Waals surface area contributed by atoms with Crippen LogP contribution in [0.4, 0.5) is 4.39 Å². The van der Waals surface area contributed by atoms with E-state index in [1.165, 1.54) is 13.2 Å². The number of ether oxygens (including phenoxy) is 1. The van der Waals surface area contributed by atoms with Gasteiger partial charge in [0, 0.05) is 16.6 Å². The van der Waals surface area contributed by atoms with Crippen LogP contribution in [0.3, 0.4) is 0 Å². The Balaban J connectivity index is 3.11. The van der Waals surface area contributed by atoms with Crippen molar-refractivity contribution in [3.05, 3.63) is 28.5 Å². The van der Waals surface area contributed by atoms with Crippen LogP contribution in [0.25, 0.3) is 0 Å². The second-order valence-corrected chi connectivity index (χ2v) is 3.70. The van der Waals surface area contributed by atoms with E-state index in [2.05, 4.69) is 0 Å². The summed E-state index contributed by atoms with van der Waals surface area (Å²) >= 11 is 5.73. The second kappa shape index (κ2) is 4.62. The monoisotopic (exact) mass is 217 g/mol. The van der Waals surface area contributed by atoms with Gasteiger partial charge < -0.3 is 10.5 Å². The smallest absolute Gasteiger partial charge is 0.166 e. The molecular weight excluding hydrogens is 205 g/mol. The number of nitrogens with two attached hydrogens (primary N) is 1. The molecule has 0 amide bonds. The van der Waals surface area contributed by atoms with Gasteiger partial charge in [0.2, 0.25) is 0 Å². The van der Waals surface area contributed by atoms with Gasteiger partial charge in [0.15, 0.2) is 11.6 Å². The van der Waals surface area contributed by atoms with Crippen LogP contribution in [0.1, 0.15) is 12.5 Å². The fourth-order valence-corrected chi connectivity index (χ4v) is 1.57. The third-order valence-corrected chi connectivity index (χ3v) is 2.05. The lowest BCUT2D eigenvalue weighted by molar-refractivity contribution is 0.380. The van der Waals surface area contributed by atoms with Gasteiger partial charge in [0.25, 0.3) is 0 Å². The molecule has 0 bridgehead atoms. The lowest BCUT2D eigenvalue weighted by atomic mass is 10.1. The summed E-state index contributed by atoms with van der Waals surface area (Å²) in [5.41, 5.74) is 6.33. The molecule has 0 radical (unpaired) electrons. The zero-order valence-corrected chi connectivity index (χ0v) is 8.94. The van der Waals surface area contributed by atoms with E-state index in [0.717, 1.165) is 0 Å². The first-order chi connectivity index (χ1) is 6.54. The topological polar surface area (TPSA) is 35.2 Å². The summed E-state index contributed by atoms with van der Waals surface area (Å²) in [5, 5.41) is 0.360. The molecule has 0 saturated heterocycles. The number of hydrogen-bond donors (Lipinski definition) is 1. The van der Waals surface area contributed by atoms with Crippen LogP contribution >= 0.6 is 11.6 Å². The Labute approximate surface area is 87.8 Å². The minimum atomic E-state index is -0.448. The van der Waals surface area contributed by atoms with Crippen molar-refractivity contribution in [2.75, 3.05) is 7.11 Å². The summed E-state index contributed by atoms with van der Waals surface area (Å²) in [6, 6.07) is 2.85. The molecule has 78 valence electrons. The van der Waals surface area contributed by atoms with E-state index in [9.17, 15) is 4.39 Å². The van der Waals surface area contributed by atoms with Crippen molar-refractivity contribution in [3.63, 3.8) is 0 Å². The minimum absolute atomic E-state index is 0.0539. The fraction of sp³-hybridized carbons (Fsp3) is 0.400. The minimum Gasteiger partial charge on any atom is -0.493 e. The quantitative estimate of drug-likeness (QED) is 0.844. The Bertz CT molecular complexity index is 328. The van der Waals surface area contributed by atoms with Gasteiger partial charge in [-0.15, -0.1) is 0 Å². The molecule has 0 heterocycles. The van der Waals surface area contributed by atoms with Crippen LogP contribution in [-0.4, -0.2) is 13.2 Å². The summed E-state index contributed by atoms with van der Waals surface area (Å²) in [6.45, 7) is 1.85. The van der Waals surface area contributed by atoms with E-state index in [4.69, 9.17) is 22.1 Å². The third-order valence-electron chi connectivity index (χ3n) is 1.83. The molecule has 1 unspecified atom stereocenters. The van der Waals surface area contributed by atoms with Crippen molar-refractivity contribution in [2.24, 2.45) is 5.73 Å². The second-order valence-electron chi connectivity index (χ2n) is 3.26. The highest BCUT2D eigenvalue weighted by molar-refractivity contribution is 6.30. The van der Waals surface area contributed by atoms with Gasteiger partial charge in [-0.3, -0.25) is 0 Å². The Morgan fingerprint density at radius 3 is 2.71 bits per heavy atom. The van der Waals surface area contributed by atoms with E-state index in [1.54, 1.807) is 6.07 Å². The molecule has 0 aliphatic rings. The Kier molecular flexibility index (Phi) is 3.72. The van der Waals surface area contributed by atoms with Gasteiger partial charge in [-0.25, -0.2) is 4.39 Å². The average Bonchev–Trinajstić information content (AvgIpc) is 2.01. The Hall–Kier alpha value is -0.800. The van der Waals surface area contributed by atoms with Gasteiger partial charge in [-0.2, -0.15) is 0 Å². The number of benzene rings is 1. The SMILES string of the molecule is COc1c(F)cc(Cl)cc1CC(C)N. The summed E-state index contributed by atoms with van der Waals surface area (Å²) in [4.78, 5) is 0. The lowest BCUT2D eigenvalue weighted by Crippen LogP contribution is -2.18. The molecule has 1 atom stereocenters. The molecule has 4 heteroatoms. The molecule has 0 aliphatic heterocycles. The zero-order chi connectivity index (χ0) is 10.7. The first-order valence-electron chi connectivity index (χ1n) is 4.32. The summed E-state index contributed by atoms with van der Waals surface area (Å²) in [7, 11) is 1.43. The predicted octanol–water partition coefficient (Wildman–Crippen LogP) is 2.38. The van der Waals surface area contributed by atoms with Gasteiger partial charge in [0.1, 0.15) is 0 Å². The fourth-order valence-electron chi connectivity index (χ4n) is 1.34. The highest BCUT2D eigenvalue weighted by Gasteiger charge is 2.12. The Morgan fingerprint density at radius 1 is 1.57 bits per heavy atom. The molecule has 0 spiro atoms. The van der Waals surface area contributed by atoms with Crippen molar-refractivity contribution >= 4 is 11.6 Å². The van der Waals surface area contributed by atoms with Gasteiger partial charge >= 0.3 is 0 Å². The van der Waals surface area contributed by atoms with Crippen molar-refractivity contribution in [2.45, 2.75) is 19.4 Å². The van der Waals surface area contributed by atoms with E-state index in [-0.39, 0.29) is 11.8 Å². The number of rotatable bonds is 3. The van der Waals surface area contributed by atoms with Crippen LogP contribution < -0.4 is 10.5 Å². The molecule has 2 N–H and O–H groups in total. The van der Waals surface area contributed by atoms with Crippen molar-refractivity contribution in [3.8, 4) is 5.75 Å². The molecule has 0 aromatic heterocycles. The van der Waals surface area contributed by atoms with E-state index < -0.39 is 5.82 Å². The van der Waals surface area contributed by atoms with Crippen molar-refractivity contribution < 1.29 is 9.13 Å². The molecule has 0 saturated carbocycles. The van der Waals surface area contributed by atoms with Crippen LogP contribution in [0.5, 0.6) is 5.75 Å². The number of methoxy groups -OCH3 is 1. The molecule has 0 fully saturated rings. The molecule has 1 aromatic rings. The summed E-state index contributed by atoms with van der Waals surface area (Å²) in [5.74, 6) is -0.220. The largest absolute Gasteiger partial charge is 0.493 e. The standard InChI is InChI=1S/C10H13ClFNO/c1-6(13)3-7-4-8(11)5-9(12)10(7)14-2/h4-6H,3,13H2,1-2H3. The van der Waals surface area contributed by atoms with E-state index >= 15 is 0 Å². The first kappa shape index (κ1) is 11.3. The maximum absolute atomic E-state index is 13.3. The predicted molar refractivity (Wildman–Crippen MR) is 55.3 cm³/mol. The maximum atomic E-state index is 13.3. The zero-order valence-electron chi connectivity index (χ0n) is 8.18. The van der Waals surface area contributed by atoms with Crippen molar-refractivity contribution in [1.29, 1.82) is 0 Å². The molecule has 1 aromatic carbocycles. The molecule has 14 heavy (non-hydrogen) atoms. The lowest BCUT2D eigenvalue weighted by Gasteiger charge is -2.11. The maximum Gasteiger partial charge on any atom is 0.166 e. The molecule has 0 aliphatic carbocycles. The first-order valence-corrected chi connectivity index (χ1v) is 4.70.